The highest BCUT2D eigenvalue weighted by Crippen LogP contribution is 2.35. The van der Waals surface area contributed by atoms with E-state index in [1.807, 2.05) is 0 Å². The van der Waals surface area contributed by atoms with E-state index in [2.05, 4.69) is 32.7 Å². The van der Waals surface area contributed by atoms with E-state index >= 15 is 0 Å². The third-order valence-electron chi connectivity index (χ3n) is 4.04. The van der Waals surface area contributed by atoms with E-state index in [1.54, 1.807) is 0 Å². The third-order valence-corrected chi connectivity index (χ3v) is 4.04. The van der Waals surface area contributed by atoms with Gasteiger partial charge in [0, 0.05) is 19.1 Å². The van der Waals surface area contributed by atoms with Gasteiger partial charge in [-0.05, 0) is 37.6 Å². The summed E-state index contributed by atoms with van der Waals surface area (Å²) in [5, 5.41) is 0. The van der Waals surface area contributed by atoms with Crippen LogP contribution in [0.4, 0.5) is 0 Å². The summed E-state index contributed by atoms with van der Waals surface area (Å²) in [6.45, 7) is 8.94. The topological polar surface area (TPSA) is 29.3 Å². The Morgan fingerprint density at radius 3 is 2.53 bits per heavy atom. The van der Waals surface area contributed by atoms with Crippen molar-refractivity contribution < 1.29 is 0 Å². The van der Waals surface area contributed by atoms with Crippen molar-refractivity contribution in [1.82, 2.24) is 4.90 Å². The van der Waals surface area contributed by atoms with Gasteiger partial charge in [-0.3, -0.25) is 0 Å². The SMILES string of the molecule is CC1CCC(C(C)C)C(N(C)CCN)C1. The molecule has 0 bridgehead atoms. The Bertz CT molecular complexity index is 179. The van der Waals surface area contributed by atoms with E-state index < -0.39 is 0 Å². The van der Waals surface area contributed by atoms with Crippen LogP contribution in [0.5, 0.6) is 0 Å². The minimum absolute atomic E-state index is 0.761. The second-order valence-electron chi connectivity index (χ2n) is 5.66. The molecule has 1 rings (SSSR count). The molecule has 0 aromatic carbocycles. The number of likely N-dealkylation sites (N-methyl/N-ethyl adjacent to an activating group) is 1. The van der Waals surface area contributed by atoms with Crippen molar-refractivity contribution in [1.29, 1.82) is 0 Å². The van der Waals surface area contributed by atoms with Crippen molar-refractivity contribution >= 4 is 0 Å². The van der Waals surface area contributed by atoms with Gasteiger partial charge in [0.15, 0.2) is 0 Å². The fraction of sp³-hybridized carbons (Fsp3) is 1.00. The van der Waals surface area contributed by atoms with Crippen LogP contribution < -0.4 is 5.73 Å². The number of nitrogens with two attached hydrogens (primary N) is 1. The largest absolute Gasteiger partial charge is 0.329 e. The summed E-state index contributed by atoms with van der Waals surface area (Å²) in [4.78, 5) is 2.49. The van der Waals surface area contributed by atoms with Gasteiger partial charge in [0.05, 0.1) is 0 Å². The Morgan fingerprint density at radius 2 is 2.00 bits per heavy atom. The van der Waals surface area contributed by atoms with Gasteiger partial charge >= 0.3 is 0 Å². The van der Waals surface area contributed by atoms with Gasteiger partial charge in [-0.25, -0.2) is 0 Å². The summed E-state index contributed by atoms with van der Waals surface area (Å²) < 4.78 is 0. The second kappa shape index (κ2) is 5.86. The summed E-state index contributed by atoms with van der Waals surface area (Å²) in [6, 6.07) is 0.761. The molecule has 15 heavy (non-hydrogen) atoms. The number of nitrogens with zero attached hydrogens (tertiary/aromatic N) is 1. The Balaban J connectivity index is 2.61. The van der Waals surface area contributed by atoms with Crippen LogP contribution in [0.15, 0.2) is 0 Å². The first-order chi connectivity index (χ1) is 7.06. The molecule has 0 radical (unpaired) electrons. The molecule has 90 valence electrons. The molecule has 1 saturated carbocycles. The molecule has 2 heteroatoms. The predicted molar refractivity (Wildman–Crippen MR) is 66.8 cm³/mol. The Hall–Kier alpha value is -0.0800. The zero-order chi connectivity index (χ0) is 11.4. The normalized spacial score (nSPS) is 32.6. The average molecular weight is 212 g/mol. The van der Waals surface area contributed by atoms with Crippen LogP contribution in [0.2, 0.25) is 0 Å². The fourth-order valence-corrected chi connectivity index (χ4v) is 3.03. The summed E-state index contributed by atoms with van der Waals surface area (Å²) in [6.07, 6.45) is 4.17. The first kappa shape index (κ1) is 13.0. The van der Waals surface area contributed by atoms with E-state index in [0.29, 0.717) is 0 Å². The average Bonchev–Trinajstić information content (AvgIpc) is 2.17. The maximum absolute atomic E-state index is 5.65. The molecule has 1 aliphatic carbocycles. The van der Waals surface area contributed by atoms with E-state index in [-0.39, 0.29) is 0 Å². The van der Waals surface area contributed by atoms with Crippen molar-refractivity contribution in [2.45, 2.75) is 46.1 Å². The van der Waals surface area contributed by atoms with Crippen molar-refractivity contribution in [3.8, 4) is 0 Å². The molecule has 0 amide bonds. The van der Waals surface area contributed by atoms with Gasteiger partial charge in [0.25, 0.3) is 0 Å². The minimum Gasteiger partial charge on any atom is -0.329 e. The molecule has 0 aromatic rings. The summed E-state index contributed by atoms with van der Waals surface area (Å²) in [7, 11) is 2.24. The van der Waals surface area contributed by atoms with Crippen molar-refractivity contribution in [3.05, 3.63) is 0 Å². The number of rotatable bonds is 4. The molecular formula is C13H28N2. The minimum atomic E-state index is 0.761. The monoisotopic (exact) mass is 212 g/mol. The van der Waals surface area contributed by atoms with Crippen molar-refractivity contribution in [2.75, 3.05) is 20.1 Å². The van der Waals surface area contributed by atoms with Gasteiger partial charge in [0.1, 0.15) is 0 Å². The zero-order valence-corrected chi connectivity index (χ0v) is 10.9. The molecule has 2 N–H and O–H groups in total. The maximum Gasteiger partial charge on any atom is 0.0126 e. The molecule has 2 nitrogen and oxygen atoms in total. The lowest BCUT2D eigenvalue weighted by Gasteiger charge is -2.42. The molecule has 3 unspecified atom stereocenters. The predicted octanol–water partition coefficient (Wildman–Crippen LogP) is 2.34. The number of hydrogen-bond donors (Lipinski definition) is 1. The van der Waals surface area contributed by atoms with Crippen molar-refractivity contribution in [3.63, 3.8) is 0 Å². The Morgan fingerprint density at radius 1 is 1.33 bits per heavy atom. The molecular weight excluding hydrogens is 184 g/mol. The highest BCUT2D eigenvalue weighted by molar-refractivity contribution is 4.86. The van der Waals surface area contributed by atoms with Crippen LogP contribution in [0.1, 0.15) is 40.0 Å². The highest BCUT2D eigenvalue weighted by atomic mass is 15.1. The first-order valence-electron chi connectivity index (χ1n) is 6.46. The Kier molecular flexibility index (Phi) is 5.07. The fourth-order valence-electron chi connectivity index (χ4n) is 3.03. The molecule has 1 aliphatic rings. The van der Waals surface area contributed by atoms with Crippen LogP contribution >= 0.6 is 0 Å². The van der Waals surface area contributed by atoms with Gasteiger partial charge < -0.3 is 10.6 Å². The van der Waals surface area contributed by atoms with E-state index in [0.717, 1.165) is 36.9 Å². The lowest BCUT2D eigenvalue weighted by Crippen LogP contribution is -2.45. The first-order valence-corrected chi connectivity index (χ1v) is 6.46. The van der Waals surface area contributed by atoms with Gasteiger partial charge in [-0.1, -0.05) is 27.2 Å². The summed E-state index contributed by atoms with van der Waals surface area (Å²) >= 11 is 0. The smallest absolute Gasteiger partial charge is 0.0126 e. The molecule has 3 atom stereocenters. The lowest BCUT2D eigenvalue weighted by atomic mass is 9.73. The zero-order valence-electron chi connectivity index (χ0n) is 10.9. The third kappa shape index (κ3) is 3.46. The molecule has 1 fully saturated rings. The lowest BCUT2D eigenvalue weighted by molar-refractivity contribution is 0.0801. The number of hydrogen-bond acceptors (Lipinski definition) is 2. The second-order valence-corrected chi connectivity index (χ2v) is 5.66. The van der Waals surface area contributed by atoms with Crippen LogP contribution in [-0.2, 0) is 0 Å². The molecule has 0 aromatic heterocycles. The summed E-state index contributed by atoms with van der Waals surface area (Å²) in [5.74, 6) is 2.57. The standard InChI is InChI=1S/C13H28N2/c1-10(2)12-6-5-11(3)9-13(12)15(4)8-7-14/h10-13H,5-9,14H2,1-4H3. The maximum atomic E-state index is 5.65. The van der Waals surface area contributed by atoms with Crippen LogP contribution in [0.3, 0.4) is 0 Å². The highest BCUT2D eigenvalue weighted by Gasteiger charge is 2.32. The van der Waals surface area contributed by atoms with Gasteiger partial charge in [-0.2, -0.15) is 0 Å². The molecule has 0 heterocycles. The van der Waals surface area contributed by atoms with Crippen molar-refractivity contribution in [2.24, 2.45) is 23.5 Å². The molecule has 0 aliphatic heterocycles. The summed E-state index contributed by atoms with van der Waals surface area (Å²) in [5.41, 5.74) is 5.65. The van der Waals surface area contributed by atoms with Crippen LogP contribution in [-0.4, -0.2) is 31.1 Å². The Labute approximate surface area is 95.2 Å². The van der Waals surface area contributed by atoms with Crippen LogP contribution in [0.25, 0.3) is 0 Å². The van der Waals surface area contributed by atoms with E-state index in [1.165, 1.54) is 19.3 Å². The molecule has 0 spiro atoms. The van der Waals surface area contributed by atoms with Gasteiger partial charge in [0.2, 0.25) is 0 Å². The van der Waals surface area contributed by atoms with E-state index in [9.17, 15) is 0 Å². The van der Waals surface area contributed by atoms with E-state index in [4.69, 9.17) is 5.73 Å². The quantitative estimate of drug-likeness (QED) is 0.775. The van der Waals surface area contributed by atoms with Crippen LogP contribution in [0, 0.1) is 17.8 Å². The van der Waals surface area contributed by atoms with Gasteiger partial charge in [-0.15, -0.1) is 0 Å². The molecule has 0 saturated heterocycles.